The number of carbonyl (C=O) groups excluding carboxylic acids is 4. The molecule has 2 aliphatic heterocycles. The molecule has 6 heterocycles. The number of fused-ring (bicyclic) bond motifs is 4. The van der Waals surface area contributed by atoms with Crippen molar-refractivity contribution in [3.8, 4) is 31.3 Å². The quantitative estimate of drug-likeness (QED) is 0.0168. The topological polar surface area (TPSA) is 74.8 Å². The third-order valence-corrected chi connectivity index (χ3v) is 25.5. The number of nitrogens with zero attached hydrogens (tertiary/aromatic N) is 2. The molecule has 2 atom stereocenters. The van der Waals surface area contributed by atoms with Crippen molar-refractivity contribution in [1.82, 2.24) is 9.80 Å². The van der Waals surface area contributed by atoms with E-state index in [1.54, 1.807) is 21.1 Å². The van der Waals surface area contributed by atoms with E-state index in [9.17, 15) is 0 Å². The first-order valence-electron chi connectivity index (χ1n) is 37.0. The van der Waals surface area contributed by atoms with Gasteiger partial charge in [-0.05, 0) is 152 Å². The molecule has 10 aromatic rings. The van der Waals surface area contributed by atoms with Gasteiger partial charge in [0.25, 0.3) is 23.6 Å². The molecule has 4 aromatic heterocycles. The van der Waals surface area contributed by atoms with Crippen LogP contribution < -0.4 is 0 Å². The van der Waals surface area contributed by atoms with Crippen LogP contribution in [0.5, 0.6) is 0 Å². The summed E-state index contributed by atoms with van der Waals surface area (Å²) in [5.74, 6) is -0.722. The second-order valence-corrected chi connectivity index (χ2v) is 33.1. The number of hydrogen-bond donors (Lipinski definition) is 0. The summed E-state index contributed by atoms with van der Waals surface area (Å²) >= 11 is 7.32. The van der Waals surface area contributed by atoms with Gasteiger partial charge < -0.3 is 0 Å². The van der Waals surface area contributed by atoms with Crippen molar-refractivity contribution in [1.29, 1.82) is 0 Å². The third kappa shape index (κ3) is 13.6. The lowest BCUT2D eigenvalue weighted by atomic mass is 9.79. The highest BCUT2D eigenvalue weighted by molar-refractivity contribution is 7.25. The molecular weight excluding hydrogens is 1230 g/mol. The number of imide groups is 2. The van der Waals surface area contributed by atoms with E-state index in [0.29, 0.717) is 22.3 Å². The Kier molecular flexibility index (Phi) is 22.6. The van der Waals surface area contributed by atoms with E-state index in [0.717, 1.165) is 143 Å². The van der Waals surface area contributed by atoms with Gasteiger partial charge in [-0.15, -0.1) is 45.3 Å². The maximum atomic E-state index is 16.7. The van der Waals surface area contributed by atoms with E-state index >= 15 is 19.2 Å². The normalized spacial score (nSPS) is 14.2. The summed E-state index contributed by atoms with van der Waals surface area (Å²) in [7, 11) is 0. The lowest BCUT2D eigenvalue weighted by molar-refractivity contribution is 0.0501. The van der Waals surface area contributed by atoms with Gasteiger partial charge in [0.05, 0.1) is 11.1 Å². The Morgan fingerprint density at radius 3 is 1.11 bits per heavy atom. The molecule has 2 unspecified atom stereocenters. The molecule has 12 rings (SSSR count). The number of rotatable bonds is 37. The zero-order chi connectivity index (χ0) is 65.6. The SMILES string of the molecule is CCCCCCCCCCC(CCCCCCCC)N1C(=O)c2ccc3c4cc(-c5cc6c(-c7ccc(C)s7)c7sc(C)cc7c(-c7ccc(C)s7)c6s5)c5c6c(ccc(c7cc(C)c(c2c73)C1=O)c64)C(=O)N(C(CCCCCCCC)CCCCCCCCCC)C5=O. The molecule has 0 spiro atoms. The van der Waals surface area contributed by atoms with Gasteiger partial charge in [-0.25, -0.2) is 0 Å². The standard InChI is InChI=1S/C84H102N2O4S4/c1-9-13-17-21-25-27-31-35-38-57(37-33-29-23-19-15-11-3)85-81(87)61-45-44-60-64-51-65(70-52-67-75(69-48-42-55(7)92-69)79-66(50-56(8)93-79)74(80(67)94-70)68-47-41-54(6)91-68)78-77-62(46-43-59(73(64)77)63-49-53(5)71(83(85)89)76(61)72(60)63)82(88)86(84(78)90)58(39-34-30-24-20-16-12-4)40-36-32-28-26-22-18-14-10-2/h41-52,57-58H,9-40H2,1-8H3. The molecule has 0 radical (unpaired) electrons. The molecule has 10 heteroatoms. The molecular formula is C84H102N2O4S4. The van der Waals surface area contributed by atoms with Crippen LogP contribution in [0.3, 0.4) is 0 Å². The summed E-state index contributed by atoms with van der Waals surface area (Å²) in [6, 6.07) is 26.2. The molecule has 94 heavy (non-hydrogen) atoms. The first-order valence-corrected chi connectivity index (χ1v) is 40.3. The Labute approximate surface area is 576 Å². The maximum absolute atomic E-state index is 16.7. The Morgan fingerprint density at radius 1 is 0.298 bits per heavy atom. The fourth-order valence-corrected chi connectivity index (χ4v) is 20.7. The average Bonchev–Trinajstić information content (AvgIpc) is 0.710. The summed E-state index contributed by atoms with van der Waals surface area (Å²) in [6.45, 7) is 17.7. The van der Waals surface area contributed by atoms with Gasteiger partial charge in [0.15, 0.2) is 0 Å². The number of benzene rings is 6. The first kappa shape index (κ1) is 68.2. The van der Waals surface area contributed by atoms with Gasteiger partial charge in [-0.1, -0.05) is 220 Å². The van der Waals surface area contributed by atoms with Gasteiger partial charge in [-0.3, -0.25) is 29.0 Å². The minimum absolute atomic E-state index is 0.168. The molecule has 6 aromatic carbocycles. The minimum atomic E-state index is -0.228. The summed E-state index contributed by atoms with van der Waals surface area (Å²) in [5.41, 5.74) is 6.60. The van der Waals surface area contributed by atoms with Crippen molar-refractivity contribution >= 4 is 132 Å². The van der Waals surface area contributed by atoms with Crippen molar-refractivity contribution < 1.29 is 19.2 Å². The van der Waals surface area contributed by atoms with Crippen molar-refractivity contribution in [3.05, 3.63) is 115 Å². The van der Waals surface area contributed by atoms with Crippen molar-refractivity contribution in [2.24, 2.45) is 0 Å². The average molecular weight is 1330 g/mol. The summed E-state index contributed by atoms with van der Waals surface area (Å²) in [4.78, 5) is 74.7. The molecule has 6 nitrogen and oxygen atoms in total. The van der Waals surface area contributed by atoms with Crippen LogP contribution in [-0.2, 0) is 0 Å². The predicted octanol–water partition coefficient (Wildman–Crippen LogP) is 27.0. The number of hydrogen-bond acceptors (Lipinski definition) is 8. The number of carbonyl (C=O) groups is 4. The molecule has 0 saturated carbocycles. The number of amides is 4. The molecule has 0 fully saturated rings. The smallest absolute Gasteiger partial charge is 0.262 e. The molecule has 0 N–H and O–H groups in total. The molecule has 496 valence electrons. The highest BCUT2D eigenvalue weighted by Crippen LogP contribution is 2.56. The molecule has 2 aliphatic rings. The van der Waals surface area contributed by atoms with Crippen LogP contribution in [-0.4, -0.2) is 45.5 Å². The van der Waals surface area contributed by atoms with Gasteiger partial charge in [0, 0.05) is 100 Å². The van der Waals surface area contributed by atoms with Gasteiger partial charge in [0.2, 0.25) is 0 Å². The predicted molar refractivity (Wildman–Crippen MR) is 408 cm³/mol. The third-order valence-electron chi connectivity index (χ3n) is 21.2. The minimum Gasteiger partial charge on any atom is -0.271 e. The summed E-state index contributed by atoms with van der Waals surface area (Å²) < 4.78 is 2.48. The highest BCUT2D eigenvalue weighted by atomic mass is 32.1. The monoisotopic (exact) mass is 1330 g/mol. The Morgan fingerprint density at radius 2 is 0.681 bits per heavy atom. The molecule has 0 aliphatic carbocycles. The fraction of sp³-hybridized carbons (Fsp3) is 0.500. The first-order chi connectivity index (χ1) is 45.9. The second-order valence-electron chi connectivity index (χ2n) is 28.2. The molecule has 4 amide bonds. The Balaban J connectivity index is 1.04. The van der Waals surface area contributed by atoms with E-state index in [4.69, 9.17) is 0 Å². The Bertz CT molecular complexity index is 4260. The lowest BCUT2D eigenvalue weighted by Gasteiger charge is -2.36. The number of unbranched alkanes of at least 4 members (excludes halogenated alkanes) is 24. The van der Waals surface area contributed by atoms with E-state index in [-0.39, 0.29) is 35.7 Å². The van der Waals surface area contributed by atoms with E-state index in [2.05, 4.69) is 116 Å². The second kappa shape index (κ2) is 31.2. The Hall–Kier alpha value is -5.78. The van der Waals surface area contributed by atoms with Crippen LogP contribution in [0.2, 0.25) is 0 Å². The van der Waals surface area contributed by atoms with Crippen LogP contribution >= 0.6 is 45.3 Å². The zero-order valence-electron chi connectivity index (χ0n) is 57.9. The van der Waals surface area contributed by atoms with E-state index in [1.807, 2.05) is 46.1 Å². The lowest BCUT2D eigenvalue weighted by Crippen LogP contribution is -2.47. The van der Waals surface area contributed by atoms with Crippen LogP contribution in [0.4, 0.5) is 0 Å². The van der Waals surface area contributed by atoms with Crippen molar-refractivity contribution in [3.63, 3.8) is 0 Å². The van der Waals surface area contributed by atoms with Crippen LogP contribution in [0, 0.1) is 27.7 Å². The van der Waals surface area contributed by atoms with Crippen LogP contribution in [0.15, 0.2) is 72.8 Å². The highest BCUT2D eigenvalue weighted by Gasteiger charge is 2.43. The van der Waals surface area contributed by atoms with Crippen LogP contribution in [0.1, 0.15) is 295 Å². The van der Waals surface area contributed by atoms with Gasteiger partial charge in [-0.2, -0.15) is 0 Å². The largest absolute Gasteiger partial charge is 0.271 e. The van der Waals surface area contributed by atoms with Gasteiger partial charge >= 0.3 is 0 Å². The fourth-order valence-electron chi connectivity index (χ4n) is 16.3. The van der Waals surface area contributed by atoms with Crippen molar-refractivity contribution in [2.45, 2.75) is 273 Å². The van der Waals surface area contributed by atoms with E-state index < -0.39 is 0 Å². The van der Waals surface area contributed by atoms with Crippen molar-refractivity contribution in [2.75, 3.05) is 0 Å². The summed E-state index contributed by atoms with van der Waals surface area (Å²) in [5, 5.41) is 9.48. The maximum Gasteiger partial charge on any atom is 0.262 e. The molecule has 0 bridgehead atoms. The zero-order valence-corrected chi connectivity index (χ0v) is 61.1. The molecule has 0 saturated heterocycles. The van der Waals surface area contributed by atoms with E-state index in [1.165, 1.54) is 178 Å². The van der Waals surface area contributed by atoms with Crippen LogP contribution in [0.25, 0.3) is 94.6 Å². The summed E-state index contributed by atoms with van der Waals surface area (Å²) in [6.07, 6.45) is 36.2. The van der Waals surface area contributed by atoms with Gasteiger partial charge in [0.1, 0.15) is 0 Å². The number of aryl methyl sites for hydroxylation is 4. The number of thiophene rings is 4.